The summed E-state index contributed by atoms with van der Waals surface area (Å²) in [4.78, 5) is 11.1. The van der Waals surface area contributed by atoms with Crippen LogP contribution in [0.3, 0.4) is 0 Å². The van der Waals surface area contributed by atoms with Crippen LogP contribution in [-0.4, -0.2) is 31.2 Å². The van der Waals surface area contributed by atoms with Crippen LogP contribution in [0.15, 0.2) is 0 Å². The summed E-state index contributed by atoms with van der Waals surface area (Å²) >= 11 is 0. The van der Waals surface area contributed by atoms with Crippen molar-refractivity contribution < 1.29 is 9.53 Å². The van der Waals surface area contributed by atoms with Gasteiger partial charge in [-0.2, -0.15) is 0 Å². The molecule has 64 valence electrons. The van der Waals surface area contributed by atoms with Crippen molar-refractivity contribution >= 4 is 5.97 Å². The van der Waals surface area contributed by atoms with Crippen molar-refractivity contribution in [1.82, 2.24) is 5.32 Å². The number of rotatable bonds is 2. The molecule has 1 aliphatic heterocycles. The predicted octanol–water partition coefficient (Wildman–Crippen LogP) is -0.761. The molecule has 0 aromatic rings. The third kappa shape index (κ3) is 1.91. The van der Waals surface area contributed by atoms with E-state index in [-0.39, 0.29) is 18.1 Å². The normalized spacial score (nSPS) is 30.4. The molecule has 0 aliphatic carbocycles. The van der Waals surface area contributed by atoms with Gasteiger partial charge in [-0.25, -0.2) is 0 Å². The van der Waals surface area contributed by atoms with Crippen LogP contribution >= 0.6 is 0 Å². The highest BCUT2D eigenvalue weighted by molar-refractivity contribution is 5.77. The van der Waals surface area contributed by atoms with E-state index < -0.39 is 0 Å². The fraction of sp³-hybridized carbons (Fsp3) is 0.857. The number of hydrogen-bond acceptors (Lipinski definition) is 4. The molecule has 0 bridgehead atoms. The molecule has 1 rings (SSSR count). The van der Waals surface area contributed by atoms with Crippen molar-refractivity contribution in [3.63, 3.8) is 0 Å². The maximum atomic E-state index is 11.1. The van der Waals surface area contributed by atoms with Gasteiger partial charge < -0.3 is 15.8 Å². The van der Waals surface area contributed by atoms with Crippen molar-refractivity contribution in [2.45, 2.75) is 25.4 Å². The van der Waals surface area contributed by atoms with Gasteiger partial charge in [-0.15, -0.1) is 0 Å². The largest absolute Gasteiger partial charge is 0.465 e. The van der Waals surface area contributed by atoms with Gasteiger partial charge in [0.05, 0.1) is 6.61 Å². The van der Waals surface area contributed by atoms with Crippen LogP contribution in [0.1, 0.15) is 13.3 Å². The second-order valence-electron chi connectivity index (χ2n) is 2.64. The average Bonchev–Trinajstić information content (AvgIpc) is 2.36. The quantitative estimate of drug-likeness (QED) is 0.518. The Labute approximate surface area is 66.1 Å². The van der Waals surface area contributed by atoms with E-state index in [2.05, 4.69) is 5.32 Å². The van der Waals surface area contributed by atoms with Gasteiger partial charge in [-0.1, -0.05) is 0 Å². The highest BCUT2D eigenvalue weighted by Crippen LogP contribution is 2.05. The molecule has 0 aromatic carbocycles. The monoisotopic (exact) mass is 158 g/mol. The summed E-state index contributed by atoms with van der Waals surface area (Å²) in [6, 6.07) is -0.357. The minimum absolute atomic E-state index is 0.0750. The Balaban J connectivity index is 2.39. The minimum Gasteiger partial charge on any atom is -0.465 e. The summed E-state index contributed by atoms with van der Waals surface area (Å²) in [7, 11) is 0. The van der Waals surface area contributed by atoms with Crippen molar-refractivity contribution in [3.05, 3.63) is 0 Å². The van der Waals surface area contributed by atoms with Crippen molar-refractivity contribution in [3.8, 4) is 0 Å². The first kappa shape index (κ1) is 8.49. The zero-order valence-corrected chi connectivity index (χ0v) is 6.67. The SMILES string of the molecule is CCOC(=O)[C@H]1NCC[C@H]1N. The first-order chi connectivity index (χ1) is 5.25. The Hall–Kier alpha value is -0.610. The van der Waals surface area contributed by atoms with E-state index in [4.69, 9.17) is 10.5 Å². The van der Waals surface area contributed by atoms with Crippen molar-refractivity contribution in [2.24, 2.45) is 5.73 Å². The number of hydrogen-bond donors (Lipinski definition) is 2. The van der Waals surface area contributed by atoms with Crippen LogP contribution in [0.4, 0.5) is 0 Å². The molecule has 4 nitrogen and oxygen atoms in total. The lowest BCUT2D eigenvalue weighted by atomic mass is 10.1. The molecule has 1 fully saturated rings. The Kier molecular flexibility index (Phi) is 2.84. The number of esters is 1. The predicted molar refractivity (Wildman–Crippen MR) is 41.0 cm³/mol. The summed E-state index contributed by atoms with van der Waals surface area (Å²) in [5.74, 6) is -0.225. The molecule has 0 spiro atoms. The molecule has 11 heavy (non-hydrogen) atoms. The smallest absolute Gasteiger partial charge is 0.324 e. The average molecular weight is 158 g/mol. The summed E-state index contributed by atoms with van der Waals surface area (Å²) < 4.78 is 4.81. The first-order valence-electron chi connectivity index (χ1n) is 3.91. The Morgan fingerprint density at radius 3 is 3.00 bits per heavy atom. The lowest BCUT2D eigenvalue weighted by Crippen LogP contribution is -2.43. The van der Waals surface area contributed by atoms with Crippen molar-refractivity contribution in [1.29, 1.82) is 0 Å². The lowest BCUT2D eigenvalue weighted by molar-refractivity contribution is -0.145. The Morgan fingerprint density at radius 1 is 1.82 bits per heavy atom. The van der Waals surface area contributed by atoms with Crippen LogP contribution in [-0.2, 0) is 9.53 Å². The maximum Gasteiger partial charge on any atom is 0.324 e. The molecule has 1 heterocycles. The third-order valence-corrected chi connectivity index (χ3v) is 1.81. The number of ether oxygens (including phenoxy) is 1. The topological polar surface area (TPSA) is 64.3 Å². The van der Waals surface area contributed by atoms with E-state index in [1.807, 2.05) is 0 Å². The van der Waals surface area contributed by atoms with E-state index in [0.29, 0.717) is 6.61 Å². The molecular weight excluding hydrogens is 144 g/mol. The van der Waals surface area contributed by atoms with Crippen LogP contribution < -0.4 is 11.1 Å². The highest BCUT2D eigenvalue weighted by atomic mass is 16.5. The molecule has 0 amide bonds. The van der Waals surface area contributed by atoms with Gasteiger partial charge in [0.25, 0.3) is 0 Å². The van der Waals surface area contributed by atoms with Gasteiger partial charge in [0.2, 0.25) is 0 Å². The van der Waals surface area contributed by atoms with Gasteiger partial charge in [0.15, 0.2) is 0 Å². The molecule has 1 saturated heterocycles. The van der Waals surface area contributed by atoms with E-state index >= 15 is 0 Å². The van der Waals surface area contributed by atoms with Crippen molar-refractivity contribution in [2.75, 3.05) is 13.2 Å². The minimum atomic E-state index is -0.282. The summed E-state index contributed by atoms with van der Waals surface area (Å²) in [5.41, 5.74) is 5.65. The highest BCUT2D eigenvalue weighted by Gasteiger charge is 2.30. The first-order valence-corrected chi connectivity index (χ1v) is 3.91. The molecule has 1 aliphatic rings. The van der Waals surface area contributed by atoms with Crippen LogP contribution in [0.2, 0.25) is 0 Å². The standard InChI is InChI=1S/C7H14N2O2/c1-2-11-7(10)6-5(8)3-4-9-6/h5-6,9H,2-4,8H2,1H3/t5-,6+/m1/s1. The number of carbonyl (C=O) groups excluding carboxylic acids is 1. The molecule has 0 aromatic heterocycles. The van der Waals surface area contributed by atoms with E-state index in [0.717, 1.165) is 13.0 Å². The van der Waals surface area contributed by atoms with Crippen LogP contribution in [0, 0.1) is 0 Å². The summed E-state index contributed by atoms with van der Waals surface area (Å²) in [6.07, 6.45) is 0.851. The zero-order valence-electron chi connectivity index (χ0n) is 6.67. The maximum absolute atomic E-state index is 11.1. The zero-order chi connectivity index (χ0) is 8.27. The van der Waals surface area contributed by atoms with E-state index in [9.17, 15) is 4.79 Å². The third-order valence-electron chi connectivity index (χ3n) is 1.81. The molecule has 0 radical (unpaired) electrons. The number of carbonyl (C=O) groups is 1. The molecule has 2 atom stereocenters. The van der Waals surface area contributed by atoms with Gasteiger partial charge in [0.1, 0.15) is 6.04 Å². The molecular formula is C7H14N2O2. The summed E-state index contributed by atoms with van der Waals surface area (Å²) in [5, 5.41) is 2.99. The number of nitrogens with one attached hydrogen (secondary N) is 1. The van der Waals surface area contributed by atoms with Gasteiger partial charge in [0, 0.05) is 6.04 Å². The van der Waals surface area contributed by atoms with Gasteiger partial charge >= 0.3 is 5.97 Å². The number of nitrogens with two attached hydrogens (primary N) is 1. The second kappa shape index (κ2) is 3.69. The second-order valence-corrected chi connectivity index (χ2v) is 2.64. The Bertz CT molecular complexity index is 149. The molecule has 3 N–H and O–H groups in total. The fourth-order valence-corrected chi connectivity index (χ4v) is 1.21. The van der Waals surface area contributed by atoms with Gasteiger partial charge in [-0.05, 0) is 19.9 Å². The van der Waals surface area contributed by atoms with Crippen LogP contribution in [0.5, 0.6) is 0 Å². The molecule has 0 unspecified atom stereocenters. The fourth-order valence-electron chi connectivity index (χ4n) is 1.21. The van der Waals surface area contributed by atoms with Crippen LogP contribution in [0.25, 0.3) is 0 Å². The van der Waals surface area contributed by atoms with E-state index in [1.54, 1.807) is 6.92 Å². The molecule has 4 heteroatoms. The Morgan fingerprint density at radius 2 is 2.55 bits per heavy atom. The van der Waals surface area contributed by atoms with Gasteiger partial charge in [-0.3, -0.25) is 4.79 Å². The lowest BCUT2D eigenvalue weighted by Gasteiger charge is -2.12. The van der Waals surface area contributed by atoms with E-state index in [1.165, 1.54) is 0 Å². The summed E-state index contributed by atoms with van der Waals surface area (Å²) in [6.45, 7) is 3.02. The molecule has 0 saturated carbocycles.